The minimum Gasteiger partial charge on any atom is -0.345 e. The summed E-state index contributed by atoms with van der Waals surface area (Å²) in [6.45, 7) is 2.08. The van der Waals surface area contributed by atoms with Gasteiger partial charge in [0.15, 0.2) is 0 Å². The standard InChI is InChI=1S/C14H14ClNO/c1-3-12-8-9-13(16(12)2)14(17)10-4-6-11(15)7-5-10/h4-9H,3H2,1-2H3. The molecule has 2 nitrogen and oxygen atoms in total. The van der Waals surface area contributed by atoms with Crippen molar-refractivity contribution in [1.82, 2.24) is 4.57 Å². The van der Waals surface area contributed by atoms with Crippen molar-refractivity contribution in [2.75, 3.05) is 0 Å². The van der Waals surface area contributed by atoms with Gasteiger partial charge in [-0.2, -0.15) is 0 Å². The first kappa shape index (κ1) is 11.9. The van der Waals surface area contributed by atoms with E-state index >= 15 is 0 Å². The number of carbonyl (C=O) groups excluding carboxylic acids is 1. The molecule has 0 bridgehead atoms. The molecule has 17 heavy (non-hydrogen) atoms. The smallest absolute Gasteiger partial charge is 0.209 e. The van der Waals surface area contributed by atoms with Crippen LogP contribution in [0.3, 0.4) is 0 Å². The number of benzene rings is 1. The first-order chi connectivity index (χ1) is 8.13. The van der Waals surface area contributed by atoms with E-state index in [1.54, 1.807) is 24.3 Å². The van der Waals surface area contributed by atoms with Crippen LogP contribution in [0.1, 0.15) is 28.7 Å². The van der Waals surface area contributed by atoms with Crippen LogP contribution in [0.15, 0.2) is 36.4 Å². The van der Waals surface area contributed by atoms with Crippen LogP contribution in [0.2, 0.25) is 5.02 Å². The summed E-state index contributed by atoms with van der Waals surface area (Å²) in [4.78, 5) is 12.2. The molecular weight excluding hydrogens is 234 g/mol. The van der Waals surface area contributed by atoms with Crippen LogP contribution in [0, 0.1) is 0 Å². The minimum absolute atomic E-state index is 0.0314. The Morgan fingerprint density at radius 1 is 1.18 bits per heavy atom. The second kappa shape index (κ2) is 4.76. The average molecular weight is 248 g/mol. The zero-order valence-corrected chi connectivity index (χ0v) is 10.7. The van der Waals surface area contributed by atoms with Gasteiger partial charge in [-0.05, 0) is 42.8 Å². The molecule has 0 aliphatic rings. The van der Waals surface area contributed by atoms with Crippen LogP contribution < -0.4 is 0 Å². The summed E-state index contributed by atoms with van der Waals surface area (Å²) in [6.07, 6.45) is 0.921. The molecule has 3 heteroatoms. The highest BCUT2D eigenvalue weighted by Gasteiger charge is 2.13. The quantitative estimate of drug-likeness (QED) is 0.762. The number of rotatable bonds is 3. The molecule has 1 aromatic heterocycles. The summed E-state index contributed by atoms with van der Waals surface area (Å²) in [7, 11) is 1.92. The fourth-order valence-electron chi connectivity index (χ4n) is 1.89. The lowest BCUT2D eigenvalue weighted by atomic mass is 10.1. The van der Waals surface area contributed by atoms with E-state index < -0.39 is 0 Å². The zero-order chi connectivity index (χ0) is 12.4. The van der Waals surface area contributed by atoms with Crippen molar-refractivity contribution in [1.29, 1.82) is 0 Å². The molecule has 0 atom stereocenters. The Hall–Kier alpha value is -1.54. The van der Waals surface area contributed by atoms with E-state index in [0.29, 0.717) is 16.3 Å². The maximum absolute atomic E-state index is 12.2. The van der Waals surface area contributed by atoms with Gasteiger partial charge in [-0.1, -0.05) is 18.5 Å². The Kier molecular flexibility index (Phi) is 3.34. The second-order valence-electron chi connectivity index (χ2n) is 3.96. The van der Waals surface area contributed by atoms with E-state index in [2.05, 4.69) is 6.92 Å². The number of halogens is 1. The summed E-state index contributed by atoms with van der Waals surface area (Å²) < 4.78 is 1.94. The van der Waals surface area contributed by atoms with Crippen molar-refractivity contribution in [2.24, 2.45) is 7.05 Å². The minimum atomic E-state index is 0.0314. The first-order valence-electron chi connectivity index (χ1n) is 5.58. The van der Waals surface area contributed by atoms with Gasteiger partial charge in [0.2, 0.25) is 5.78 Å². The monoisotopic (exact) mass is 247 g/mol. The van der Waals surface area contributed by atoms with Crippen molar-refractivity contribution in [3.8, 4) is 0 Å². The fraction of sp³-hybridized carbons (Fsp3) is 0.214. The summed E-state index contributed by atoms with van der Waals surface area (Å²) in [5.74, 6) is 0.0314. The van der Waals surface area contributed by atoms with Gasteiger partial charge in [0.1, 0.15) is 0 Å². The van der Waals surface area contributed by atoms with Crippen LogP contribution in [-0.4, -0.2) is 10.4 Å². The molecule has 0 saturated heterocycles. The van der Waals surface area contributed by atoms with Crippen LogP contribution >= 0.6 is 11.6 Å². The lowest BCUT2D eigenvalue weighted by Crippen LogP contribution is -2.08. The average Bonchev–Trinajstić information content (AvgIpc) is 2.70. The van der Waals surface area contributed by atoms with Gasteiger partial charge >= 0.3 is 0 Å². The molecule has 0 aliphatic heterocycles. The fourth-order valence-corrected chi connectivity index (χ4v) is 2.01. The molecular formula is C14H14ClNO. The molecule has 88 valence electrons. The SMILES string of the molecule is CCc1ccc(C(=O)c2ccc(Cl)cc2)n1C. The zero-order valence-electron chi connectivity index (χ0n) is 9.90. The number of carbonyl (C=O) groups is 1. The third-order valence-electron chi connectivity index (χ3n) is 2.93. The third kappa shape index (κ3) is 2.27. The normalized spacial score (nSPS) is 10.5. The van der Waals surface area contributed by atoms with Crippen LogP contribution in [0.4, 0.5) is 0 Å². The predicted octanol–water partition coefficient (Wildman–Crippen LogP) is 3.47. The van der Waals surface area contributed by atoms with Crippen molar-refractivity contribution in [3.63, 3.8) is 0 Å². The number of aryl methyl sites for hydroxylation is 1. The molecule has 0 N–H and O–H groups in total. The molecule has 0 fully saturated rings. The molecule has 1 aromatic carbocycles. The number of hydrogen-bond donors (Lipinski definition) is 0. The molecule has 2 aromatic rings. The largest absolute Gasteiger partial charge is 0.345 e. The highest BCUT2D eigenvalue weighted by Crippen LogP contribution is 2.15. The number of ketones is 1. The Balaban J connectivity index is 2.37. The number of aromatic nitrogens is 1. The van der Waals surface area contributed by atoms with E-state index in [1.165, 1.54) is 0 Å². The number of nitrogens with zero attached hydrogens (tertiary/aromatic N) is 1. The van der Waals surface area contributed by atoms with Gasteiger partial charge in [-0.3, -0.25) is 4.79 Å². The Morgan fingerprint density at radius 3 is 2.35 bits per heavy atom. The van der Waals surface area contributed by atoms with Crippen molar-refractivity contribution >= 4 is 17.4 Å². The van der Waals surface area contributed by atoms with Crippen molar-refractivity contribution in [3.05, 3.63) is 58.4 Å². The van der Waals surface area contributed by atoms with Crippen LogP contribution in [0.5, 0.6) is 0 Å². The summed E-state index contributed by atoms with van der Waals surface area (Å²) in [5.41, 5.74) is 2.53. The van der Waals surface area contributed by atoms with Crippen LogP contribution in [0.25, 0.3) is 0 Å². The van der Waals surface area contributed by atoms with Crippen LogP contribution in [-0.2, 0) is 13.5 Å². The molecule has 2 rings (SSSR count). The molecule has 0 radical (unpaired) electrons. The lowest BCUT2D eigenvalue weighted by Gasteiger charge is -2.05. The third-order valence-corrected chi connectivity index (χ3v) is 3.18. The maximum Gasteiger partial charge on any atom is 0.209 e. The highest BCUT2D eigenvalue weighted by molar-refractivity contribution is 6.30. The van der Waals surface area contributed by atoms with Gasteiger partial charge in [0, 0.05) is 23.3 Å². The van der Waals surface area contributed by atoms with Gasteiger partial charge in [-0.15, -0.1) is 0 Å². The van der Waals surface area contributed by atoms with Gasteiger partial charge in [0.05, 0.1) is 5.69 Å². The maximum atomic E-state index is 12.2. The summed E-state index contributed by atoms with van der Waals surface area (Å²) in [5, 5.41) is 0.641. The van der Waals surface area contributed by atoms with E-state index in [4.69, 9.17) is 11.6 Å². The summed E-state index contributed by atoms with van der Waals surface area (Å²) >= 11 is 5.80. The highest BCUT2D eigenvalue weighted by atomic mass is 35.5. The first-order valence-corrected chi connectivity index (χ1v) is 5.96. The number of hydrogen-bond acceptors (Lipinski definition) is 1. The second-order valence-corrected chi connectivity index (χ2v) is 4.39. The van der Waals surface area contributed by atoms with Crippen molar-refractivity contribution < 1.29 is 4.79 Å². The molecule has 1 heterocycles. The lowest BCUT2D eigenvalue weighted by molar-refractivity contribution is 0.103. The van der Waals surface area contributed by atoms with Crippen molar-refractivity contribution in [2.45, 2.75) is 13.3 Å². The van der Waals surface area contributed by atoms with E-state index in [9.17, 15) is 4.79 Å². The molecule has 0 spiro atoms. The van der Waals surface area contributed by atoms with E-state index in [-0.39, 0.29) is 5.78 Å². The Morgan fingerprint density at radius 2 is 1.82 bits per heavy atom. The Bertz CT molecular complexity index is 540. The van der Waals surface area contributed by atoms with E-state index in [1.807, 2.05) is 23.7 Å². The van der Waals surface area contributed by atoms with Gasteiger partial charge in [0.25, 0.3) is 0 Å². The molecule has 0 saturated carbocycles. The molecule has 0 unspecified atom stereocenters. The van der Waals surface area contributed by atoms with E-state index in [0.717, 1.165) is 12.1 Å². The molecule has 0 amide bonds. The summed E-state index contributed by atoms with van der Waals surface area (Å²) in [6, 6.07) is 10.8. The predicted molar refractivity (Wildman–Crippen MR) is 69.7 cm³/mol. The topological polar surface area (TPSA) is 22.0 Å². The Labute approximate surface area is 106 Å². The molecule has 0 aliphatic carbocycles. The van der Waals surface area contributed by atoms with Gasteiger partial charge < -0.3 is 4.57 Å². The van der Waals surface area contributed by atoms with Gasteiger partial charge in [-0.25, -0.2) is 0 Å².